The normalized spacial score (nSPS) is 9.63. The lowest BCUT2D eigenvalue weighted by molar-refractivity contribution is 0.0999. The number of phenolic OH excluding ortho intramolecular Hbond substituents is 1. The molecule has 0 saturated heterocycles. The van der Waals surface area contributed by atoms with Crippen LogP contribution in [-0.2, 0) is 0 Å². The van der Waals surface area contributed by atoms with Gasteiger partial charge in [-0.15, -0.1) is 0 Å². The quantitative estimate of drug-likeness (QED) is 0.877. The SMILES string of the molecule is N#Cc1ccc(Oc2cc(O)cc(C(N)=O)c2)cc1. The van der Waals surface area contributed by atoms with Gasteiger partial charge in [-0.05, 0) is 36.4 Å². The minimum Gasteiger partial charge on any atom is -0.508 e. The molecule has 0 fully saturated rings. The van der Waals surface area contributed by atoms with Gasteiger partial charge < -0.3 is 15.6 Å². The van der Waals surface area contributed by atoms with Crippen molar-refractivity contribution in [3.63, 3.8) is 0 Å². The number of phenols is 1. The van der Waals surface area contributed by atoms with E-state index in [0.717, 1.165) is 0 Å². The molecule has 2 aromatic carbocycles. The molecule has 0 aliphatic carbocycles. The van der Waals surface area contributed by atoms with Crippen molar-refractivity contribution in [1.29, 1.82) is 5.26 Å². The lowest BCUT2D eigenvalue weighted by Crippen LogP contribution is -2.10. The minimum absolute atomic E-state index is 0.111. The van der Waals surface area contributed by atoms with Gasteiger partial charge >= 0.3 is 0 Å². The fraction of sp³-hybridized carbons (Fsp3) is 0. The van der Waals surface area contributed by atoms with E-state index < -0.39 is 5.91 Å². The Morgan fingerprint density at radius 1 is 1.16 bits per heavy atom. The van der Waals surface area contributed by atoms with Gasteiger partial charge in [-0.25, -0.2) is 0 Å². The lowest BCUT2D eigenvalue weighted by Gasteiger charge is -2.07. The molecule has 94 valence electrons. The molecule has 0 bridgehead atoms. The van der Waals surface area contributed by atoms with Gasteiger partial charge in [0.05, 0.1) is 11.6 Å². The van der Waals surface area contributed by atoms with Crippen molar-refractivity contribution in [2.24, 2.45) is 5.73 Å². The number of carbonyl (C=O) groups excluding carboxylic acids is 1. The predicted molar refractivity (Wildman–Crippen MR) is 67.9 cm³/mol. The summed E-state index contributed by atoms with van der Waals surface area (Å²) in [6, 6.07) is 12.5. The van der Waals surface area contributed by atoms with Crippen LogP contribution in [0.4, 0.5) is 0 Å². The largest absolute Gasteiger partial charge is 0.508 e. The maximum atomic E-state index is 11.1. The predicted octanol–water partition coefficient (Wildman–Crippen LogP) is 2.16. The number of nitrogens with zero attached hydrogens (tertiary/aromatic N) is 1. The number of carbonyl (C=O) groups is 1. The van der Waals surface area contributed by atoms with Crippen LogP contribution >= 0.6 is 0 Å². The third-order valence-electron chi connectivity index (χ3n) is 2.39. The highest BCUT2D eigenvalue weighted by molar-refractivity contribution is 5.93. The Balaban J connectivity index is 2.27. The zero-order chi connectivity index (χ0) is 13.8. The molecule has 0 saturated carbocycles. The monoisotopic (exact) mass is 254 g/mol. The maximum Gasteiger partial charge on any atom is 0.248 e. The first-order valence-electron chi connectivity index (χ1n) is 5.40. The van der Waals surface area contributed by atoms with E-state index in [9.17, 15) is 9.90 Å². The van der Waals surface area contributed by atoms with Crippen LogP contribution in [0, 0.1) is 11.3 Å². The van der Waals surface area contributed by atoms with Gasteiger partial charge in [0.15, 0.2) is 0 Å². The summed E-state index contributed by atoms with van der Waals surface area (Å²) in [5.74, 6) is 0.0130. The topological polar surface area (TPSA) is 96.3 Å². The van der Waals surface area contributed by atoms with Crippen molar-refractivity contribution in [3.05, 3.63) is 53.6 Å². The Morgan fingerprint density at radius 3 is 2.42 bits per heavy atom. The third kappa shape index (κ3) is 3.01. The first-order valence-corrected chi connectivity index (χ1v) is 5.40. The molecule has 5 nitrogen and oxygen atoms in total. The summed E-state index contributed by atoms with van der Waals surface area (Å²) in [4.78, 5) is 11.1. The number of hydrogen-bond donors (Lipinski definition) is 2. The van der Waals surface area contributed by atoms with E-state index in [-0.39, 0.29) is 11.3 Å². The number of aromatic hydroxyl groups is 1. The average Bonchev–Trinajstić information content (AvgIpc) is 2.39. The van der Waals surface area contributed by atoms with Crippen LogP contribution < -0.4 is 10.5 Å². The maximum absolute atomic E-state index is 11.1. The van der Waals surface area contributed by atoms with Gasteiger partial charge in [0.1, 0.15) is 17.2 Å². The molecule has 2 rings (SSSR count). The zero-order valence-electron chi connectivity index (χ0n) is 9.83. The molecule has 0 radical (unpaired) electrons. The highest BCUT2D eigenvalue weighted by Crippen LogP contribution is 2.26. The van der Waals surface area contributed by atoms with Crippen LogP contribution in [0.1, 0.15) is 15.9 Å². The summed E-state index contributed by atoms with van der Waals surface area (Å²) in [5.41, 5.74) is 5.81. The van der Waals surface area contributed by atoms with Crippen molar-refractivity contribution in [2.45, 2.75) is 0 Å². The van der Waals surface area contributed by atoms with Crippen molar-refractivity contribution in [1.82, 2.24) is 0 Å². The second-order valence-corrected chi connectivity index (χ2v) is 3.82. The molecular formula is C14H10N2O3. The van der Waals surface area contributed by atoms with Crippen molar-refractivity contribution in [3.8, 4) is 23.3 Å². The molecule has 0 unspecified atom stereocenters. The second kappa shape index (κ2) is 5.10. The summed E-state index contributed by atoms with van der Waals surface area (Å²) in [5, 5.41) is 18.1. The molecule has 3 N–H and O–H groups in total. The number of rotatable bonds is 3. The Labute approximate surface area is 109 Å². The van der Waals surface area contributed by atoms with E-state index in [1.807, 2.05) is 6.07 Å². The van der Waals surface area contributed by atoms with Crippen molar-refractivity contribution in [2.75, 3.05) is 0 Å². The molecule has 1 amide bonds. The lowest BCUT2D eigenvalue weighted by atomic mass is 10.2. The molecule has 0 aliphatic heterocycles. The number of amides is 1. The first-order chi connectivity index (χ1) is 9.08. The summed E-state index contributed by atoms with van der Waals surface area (Å²) in [6.07, 6.45) is 0. The van der Waals surface area contributed by atoms with Crippen molar-refractivity contribution >= 4 is 5.91 Å². The van der Waals surface area contributed by atoms with Crippen LogP contribution in [0.2, 0.25) is 0 Å². The van der Waals surface area contributed by atoms with Crippen LogP contribution in [-0.4, -0.2) is 11.0 Å². The summed E-state index contributed by atoms with van der Waals surface area (Å²) >= 11 is 0. The number of ether oxygens (including phenoxy) is 1. The molecule has 0 aliphatic rings. The molecule has 0 aromatic heterocycles. The molecule has 5 heteroatoms. The Hall–Kier alpha value is -3.00. The van der Waals surface area contributed by atoms with Crippen LogP contribution in [0.15, 0.2) is 42.5 Å². The van der Waals surface area contributed by atoms with Crippen LogP contribution in [0.25, 0.3) is 0 Å². The Bertz CT molecular complexity index is 657. The highest BCUT2D eigenvalue weighted by atomic mass is 16.5. The van der Waals surface area contributed by atoms with Crippen LogP contribution in [0.5, 0.6) is 17.2 Å². The third-order valence-corrected chi connectivity index (χ3v) is 2.39. The van der Waals surface area contributed by atoms with Crippen LogP contribution in [0.3, 0.4) is 0 Å². The Kier molecular flexibility index (Phi) is 3.35. The number of nitriles is 1. The average molecular weight is 254 g/mol. The summed E-state index contributed by atoms with van der Waals surface area (Å²) in [7, 11) is 0. The van der Waals surface area contributed by atoms with Gasteiger partial charge in [-0.1, -0.05) is 0 Å². The van der Waals surface area contributed by atoms with E-state index in [0.29, 0.717) is 17.1 Å². The number of primary amides is 1. The standard InChI is InChI=1S/C14H10N2O3/c15-8-9-1-3-12(4-2-9)19-13-6-10(14(16)18)5-11(17)7-13/h1-7,17H,(H2,16,18). The van der Waals surface area contributed by atoms with E-state index in [2.05, 4.69) is 0 Å². The number of hydrogen-bond acceptors (Lipinski definition) is 4. The first kappa shape index (κ1) is 12.5. The fourth-order valence-corrected chi connectivity index (χ4v) is 1.52. The molecule has 0 spiro atoms. The van der Waals surface area contributed by atoms with Gasteiger partial charge in [0.25, 0.3) is 0 Å². The summed E-state index contributed by atoms with van der Waals surface area (Å²) < 4.78 is 5.47. The van der Waals surface area contributed by atoms with Crippen molar-refractivity contribution < 1.29 is 14.6 Å². The number of benzene rings is 2. The van der Waals surface area contributed by atoms with E-state index >= 15 is 0 Å². The smallest absolute Gasteiger partial charge is 0.248 e. The number of nitrogens with two attached hydrogens (primary N) is 1. The van der Waals surface area contributed by atoms with Gasteiger partial charge in [0, 0.05) is 11.6 Å². The molecule has 0 heterocycles. The van der Waals surface area contributed by atoms with Gasteiger partial charge in [-0.2, -0.15) is 5.26 Å². The molecule has 19 heavy (non-hydrogen) atoms. The highest BCUT2D eigenvalue weighted by Gasteiger charge is 2.06. The van der Waals surface area contributed by atoms with E-state index in [4.69, 9.17) is 15.7 Å². The zero-order valence-corrected chi connectivity index (χ0v) is 9.83. The van der Waals surface area contributed by atoms with E-state index in [1.165, 1.54) is 18.2 Å². The molecule has 2 aromatic rings. The second-order valence-electron chi connectivity index (χ2n) is 3.82. The van der Waals surface area contributed by atoms with Gasteiger partial charge in [-0.3, -0.25) is 4.79 Å². The fourth-order valence-electron chi connectivity index (χ4n) is 1.52. The summed E-state index contributed by atoms with van der Waals surface area (Å²) in [6.45, 7) is 0. The Morgan fingerprint density at radius 2 is 1.84 bits per heavy atom. The molecule has 0 atom stereocenters. The van der Waals surface area contributed by atoms with E-state index in [1.54, 1.807) is 24.3 Å². The molecular weight excluding hydrogens is 244 g/mol. The van der Waals surface area contributed by atoms with Gasteiger partial charge in [0.2, 0.25) is 5.91 Å². The minimum atomic E-state index is -0.652.